The predicted molar refractivity (Wildman–Crippen MR) is 67.6 cm³/mol. The van der Waals surface area contributed by atoms with Gasteiger partial charge in [-0.05, 0) is 24.3 Å². The van der Waals surface area contributed by atoms with E-state index in [-0.39, 0.29) is 30.4 Å². The average molecular weight is 261 g/mol. The van der Waals surface area contributed by atoms with Crippen molar-refractivity contribution < 1.29 is 9.90 Å². The van der Waals surface area contributed by atoms with Gasteiger partial charge in [0.1, 0.15) is 0 Å². The van der Waals surface area contributed by atoms with E-state index in [1.165, 1.54) is 12.3 Å². The quantitative estimate of drug-likeness (QED) is 0.772. The molecule has 0 aliphatic heterocycles. The van der Waals surface area contributed by atoms with Crippen LogP contribution in [0.1, 0.15) is 10.4 Å². The van der Waals surface area contributed by atoms with E-state index in [2.05, 4.69) is 4.98 Å². The van der Waals surface area contributed by atoms with Crippen molar-refractivity contribution in [1.82, 2.24) is 4.98 Å². The Morgan fingerprint density at radius 2 is 1.94 bits per heavy atom. The fourth-order valence-electron chi connectivity index (χ4n) is 1.35. The number of nitrogens with two attached hydrogens (primary N) is 1. The van der Waals surface area contributed by atoms with Crippen LogP contribution in [0.15, 0.2) is 30.5 Å². The molecule has 0 atom stereocenters. The molecule has 0 amide bonds. The normalized spacial score (nSPS) is 9.00. The Kier molecular flexibility index (Phi) is 5.01. The van der Waals surface area contributed by atoms with Gasteiger partial charge in [0.2, 0.25) is 0 Å². The van der Waals surface area contributed by atoms with Gasteiger partial charge >= 0.3 is 5.97 Å². The van der Waals surface area contributed by atoms with Crippen LogP contribution in [-0.2, 0) is 0 Å². The Labute approximate surface area is 104 Å². The number of pyridine rings is 1. The van der Waals surface area contributed by atoms with E-state index in [0.29, 0.717) is 16.6 Å². The summed E-state index contributed by atoms with van der Waals surface area (Å²) in [6.07, 6.45) is 1.47. The summed E-state index contributed by atoms with van der Waals surface area (Å²) < 4.78 is 0. The topological polar surface area (TPSA) is 76.2 Å². The lowest BCUT2D eigenvalue weighted by Crippen LogP contribution is -1.98. The Balaban J connectivity index is 0.00000112. The molecule has 0 radical (unpaired) electrons. The first-order chi connectivity index (χ1) is 6.68. The van der Waals surface area contributed by atoms with Crippen LogP contribution >= 0.6 is 24.8 Å². The fraction of sp³-hybridized carbons (Fsp3) is 0. The molecule has 0 aliphatic rings. The Bertz CT molecular complexity index is 517. The van der Waals surface area contributed by atoms with E-state index < -0.39 is 5.97 Å². The van der Waals surface area contributed by atoms with Crippen LogP contribution in [0.3, 0.4) is 0 Å². The third kappa shape index (κ3) is 2.53. The van der Waals surface area contributed by atoms with Crippen molar-refractivity contribution in [3.8, 4) is 0 Å². The molecule has 16 heavy (non-hydrogen) atoms. The van der Waals surface area contributed by atoms with Gasteiger partial charge in [-0.2, -0.15) is 0 Å². The van der Waals surface area contributed by atoms with Crippen LogP contribution in [0.4, 0.5) is 5.69 Å². The monoisotopic (exact) mass is 260 g/mol. The summed E-state index contributed by atoms with van der Waals surface area (Å²) >= 11 is 0. The van der Waals surface area contributed by atoms with Gasteiger partial charge in [-0.15, -0.1) is 24.8 Å². The molecule has 6 heteroatoms. The van der Waals surface area contributed by atoms with E-state index in [9.17, 15) is 4.79 Å². The van der Waals surface area contributed by atoms with Gasteiger partial charge < -0.3 is 10.8 Å². The fourth-order valence-corrected chi connectivity index (χ4v) is 1.35. The molecule has 2 rings (SSSR count). The van der Waals surface area contributed by atoms with Crippen LogP contribution < -0.4 is 5.73 Å². The van der Waals surface area contributed by atoms with Gasteiger partial charge in [0.15, 0.2) is 0 Å². The van der Waals surface area contributed by atoms with Crippen LogP contribution in [0.2, 0.25) is 0 Å². The van der Waals surface area contributed by atoms with Crippen molar-refractivity contribution in [2.45, 2.75) is 0 Å². The van der Waals surface area contributed by atoms with E-state index in [4.69, 9.17) is 10.8 Å². The highest BCUT2D eigenvalue weighted by atomic mass is 35.5. The number of fused-ring (bicyclic) bond motifs is 1. The molecular weight excluding hydrogens is 251 g/mol. The first kappa shape index (κ1) is 14.5. The van der Waals surface area contributed by atoms with E-state index in [1.54, 1.807) is 18.2 Å². The minimum Gasteiger partial charge on any atom is -0.478 e. The first-order valence-corrected chi connectivity index (χ1v) is 4.06. The number of halogens is 2. The van der Waals surface area contributed by atoms with Gasteiger partial charge in [-0.25, -0.2) is 4.79 Å². The lowest BCUT2D eigenvalue weighted by atomic mass is 10.1. The molecule has 4 nitrogen and oxygen atoms in total. The van der Waals surface area contributed by atoms with Crippen molar-refractivity contribution >= 4 is 47.4 Å². The maximum absolute atomic E-state index is 10.9. The molecule has 1 heterocycles. The highest BCUT2D eigenvalue weighted by Crippen LogP contribution is 2.19. The Hall–Kier alpha value is -1.52. The zero-order valence-electron chi connectivity index (χ0n) is 8.08. The largest absolute Gasteiger partial charge is 0.478 e. The third-order valence-electron chi connectivity index (χ3n) is 2.00. The number of aromatic nitrogens is 1. The molecule has 0 saturated heterocycles. The number of hydrogen-bond acceptors (Lipinski definition) is 3. The molecule has 2 aromatic rings. The minimum atomic E-state index is -0.969. The van der Waals surface area contributed by atoms with Crippen LogP contribution in [0.5, 0.6) is 0 Å². The second-order valence-corrected chi connectivity index (χ2v) is 2.94. The average Bonchev–Trinajstić information content (AvgIpc) is 2.16. The SMILES string of the molecule is Cl.Cl.Nc1ccc2nccc(C(=O)O)c2c1. The van der Waals surface area contributed by atoms with Crippen LogP contribution in [-0.4, -0.2) is 16.1 Å². The van der Waals surface area contributed by atoms with Gasteiger partial charge in [-0.1, -0.05) is 0 Å². The molecule has 0 saturated carbocycles. The number of benzene rings is 1. The number of rotatable bonds is 1. The second kappa shape index (κ2) is 5.53. The number of hydrogen-bond donors (Lipinski definition) is 2. The number of nitrogen functional groups attached to an aromatic ring is 1. The van der Waals surface area contributed by atoms with Crippen molar-refractivity contribution in [3.05, 3.63) is 36.0 Å². The molecule has 1 aromatic heterocycles. The molecule has 0 aliphatic carbocycles. The van der Waals surface area contributed by atoms with Crippen molar-refractivity contribution in [1.29, 1.82) is 0 Å². The predicted octanol–water partition coefficient (Wildman–Crippen LogP) is 2.36. The molecule has 0 spiro atoms. The molecule has 86 valence electrons. The summed E-state index contributed by atoms with van der Waals surface area (Å²) in [6, 6.07) is 6.48. The lowest BCUT2D eigenvalue weighted by molar-refractivity contribution is 0.0699. The highest BCUT2D eigenvalue weighted by molar-refractivity contribution is 6.03. The van der Waals surface area contributed by atoms with Crippen LogP contribution in [0, 0.1) is 0 Å². The second-order valence-electron chi connectivity index (χ2n) is 2.94. The zero-order valence-corrected chi connectivity index (χ0v) is 9.72. The molecule has 1 aromatic carbocycles. The van der Waals surface area contributed by atoms with E-state index >= 15 is 0 Å². The van der Waals surface area contributed by atoms with E-state index in [0.717, 1.165) is 0 Å². The summed E-state index contributed by atoms with van der Waals surface area (Å²) in [5.74, 6) is -0.969. The van der Waals surface area contributed by atoms with Gasteiger partial charge in [0.25, 0.3) is 0 Å². The number of aromatic carboxylic acids is 1. The number of carboxylic acids is 1. The summed E-state index contributed by atoms with van der Waals surface area (Å²) in [4.78, 5) is 14.9. The van der Waals surface area contributed by atoms with E-state index in [1.807, 2.05) is 0 Å². The summed E-state index contributed by atoms with van der Waals surface area (Å²) in [6.45, 7) is 0. The number of anilines is 1. The van der Waals surface area contributed by atoms with Gasteiger partial charge in [-0.3, -0.25) is 4.98 Å². The summed E-state index contributed by atoms with van der Waals surface area (Å²) in [7, 11) is 0. The van der Waals surface area contributed by atoms with Crippen LogP contribution in [0.25, 0.3) is 10.9 Å². The number of nitrogens with zero attached hydrogens (tertiary/aromatic N) is 1. The van der Waals surface area contributed by atoms with Crippen molar-refractivity contribution in [2.75, 3.05) is 5.73 Å². The Morgan fingerprint density at radius 3 is 2.56 bits per heavy atom. The molecule has 0 bridgehead atoms. The number of carbonyl (C=O) groups is 1. The number of carboxylic acid groups (broad SMARTS) is 1. The van der Waals surface area contributed by atoms with Gasteiger partial charge in [0, 0.05) is 17.3 Å². The van der Waals surface area contributed by atoms with Crippen molar-refractivity contribution in [2.24, 2.45) is 0 Å². The zero-order chi connectivity index (χ0) is 10.1. The summed E-state index contributed by atoms with van der Waals surface area (Å²) in [5, 5.41) is 9.47. The summed E-state index contributed by atoms with van der Waals surface area (Å²) in [5.41, 5.74) is 6.97. The molecular formula is C10H10Cl2N2O2. The maximum Gasteiger partial charge on any atom is 0.336 e. The standard InChI is InChI=1S/C10H8N2O2.2ClH/c11-6-1-2-9-8(5-6)7(10(13)14)3-4-12-9;;/h1-5H,11H2,(H,13,14);2*1H. The van der Waals surface area contributed by atoms with Gasteiger partial charge in [0.05, 0.1) is 11.1 Å². The smallest absolute Gasteiger partial charge is 0.336 e. The minimum absolute atomic E-state index is 0. The Morgan fingerprint density at radius 1 is 1.25 bits per heavy atom. The maximum atomic E-state index is 10.9. The third-order valence-corrected chi connectivity index (χ3v) is 2.00. The first-order valence-electron chi connectivity index (χ1n) is 4.06. The molecule has 0 unspecified atom stereocenters. The molecule has 3 N–H and O–H groups in total. The highest BCUT2D eigenvalue weighted by Gasteiger charge is 2.08. The molecule has 0 fully saturated rings. The van der Waals surface area contributed by atoms with Crippen molar-refractivity contribution in [3.63, 3.8) is 0 Å². The lowest BCUT2D eigenvalue weighted by Gasteiger charge is -2.01.